The van der Waals surface area contributed by atoms with Gasteiger partial charge in [0.2, 0.25) is 47.3 Å². The van der Waals surface area contributed by atoms with Gasteiger partial charge in [-0.05, 0) is 137 Å². The number of amides is 8. The van der Waals surface area contributed by atoms with Crippen molar-refractivity contribution in [3.63, 3.8) is 0 Å². The number of halogens is 1. The van der Waals surface area contributed by atoms with Gasteiger partial charge in [0.25, 0.3) is 0 Å². The first-order valence-electron chi connectivity index (χ1n) is 40.0. The highest BCUT2D eigenvalue weighted by atomic mass is 19.1. The van der Waals surface area contributed by atoms with Crippen molar-refractivity contribution in [2.24, 2.45) is 17.6 Å². The van der Waals surface area contributed by atoms with E-state index in [4.69, 9.17) is 29.4 Å². The number of likely N-dealkylation sites (N-methyl/N-ethyl adjacent to an activating group) is 1. The van der Waals surface area contributed by atoms with E-state index in [1.165, 1.54) is 49.0 Å². The zero-order valence-corrected chi connectivity index (χ0v) is 68.7. The molecular weight excluding hydrogens is 1490 g/mol. The Hall–Kier alpha value is -10.2. The number of ether oxygens (including phenoxy) is 5. The number of fused-ring (bicyclic) bond motifs is 7. The molecule has 9 rings (SSSR count). The number of rotatable bonds is 38. The maximum atomic E-state index is 16.1. The van der Waals surface area contributed by atoms with Crippen LogP contribution in [0.1, 0.15) is 139 Å². The average Bonchev–Trinajstić information content (AvgIpc) is 1.61. The van der Waals surface area contributed by atoms with Gasteiger partial charge in [-0.25, -0.2) is 9.07 Å². The molecule has 10 atom stereocenters. The molecule has 6 bridgehead atoms. The molecule has 9 N–H and O–H groups in total. The van der Waals surface area contributed by atoms with Crippen LogP contribution in [-0.4, -0.2) is 240 Å². The zero-order valence-electron chi connectivity index (χ0n) is 68.7. The molecule has 0 spiro atoms. The number of quaternary nitrogens is 1. The minimum atomic E-state index is -1.59. The maximum absolute atomic E-state index is 16.1. The first kappa shape index (κ1) is 89.7. The van der Waals surface area contributed by atoms with Crippen LogP contribution < -0.4 is 42.4 Å². The Morgan fingerprint density at radius 3 is 2.23 bits per heavy atom. The lowest BCUT2D eigenvalue weighted by Crippen LogP contribution is -2.63. The molecule has 4 aromatic carbocycles. The molecule has 3 aliphatic rings. The van der Waals surface area contributed by atoms with Crippen molar-refractivity contribution in [2.75, 3.05) is 87.4 Å². The van der Waals surface area contributed by atoms with E-state index in [0.29, 0.717) is 83.6 Å². The summed E-state index contributed by atoms with van der Waals surface area (Å²) in [5, 5.41) is 26.3. The molecule has 6 aromatic rings. The smallest absolute Gasteiger partial charge is 0.246 e. The summed E-state index contributed by atoms with van der Waals surface area (Å²) < 4.78 is 47.4. The Labute approximate surface area is 677 Å². The summed E-state index contributed by atoms with van der Waals surface area (Å²) in [6, 6.07) is 18.2. The molecule has 8 amide bonds. The number of aromatic amines is 1. The van der Waals surface area contributed by atoms with E-state index in [9.17, 15) is 28.8 Å². The van der Waals surface area contributed by atoms with Gasteiger partial charge in [0, 0.05) is 106 Å². The number of carbonyl (C=O) groups excluding carboxylic acids is 11. The molecule has 2 saturated heterocycles. The molecule has 31 heteroatoms. The van der Waals surface area contributed by atoms with Gasteiger partial charge >= 0.3 is 0 Å². The standard InChI is InChI=1S/C85H115FN14O16/c1-53(40-72(103)62(49-90-75(105)30-36-113-38-39-114-37-35-100(8,9)10)44-65(102)23-27-74(104)89-47-58-18-16-56(17-19-58)28-32-87)78(106)91-69-43-59-14-12-15-60(41-59)50-97-51-64(95-96-97)52-115-73-29-34-98(82(110)71(92-79(69)107)45-61-48-88-68-26-22-63(86)46-67(61)68)77(73)81(109)94-76(54(2)116-84(4,5)6)80(108)93-70(42-57-20-24-66(112-11)25-21-57)83(111)99-33-13-31-85(99,7)55(3)101/h12,14-22,24-26,41,46,48,51,53-54,62,69-71,73,76-77,88H,13,23,27-40,42-45,47,49-50,52,87H2,1-11H3,(H5-,89,90,91,92,93,94,104,105,106,107,108,109)/p+1/t53-,54?,62-,69-,70-,71-,73-,76-,77-,85-/m0/s1. The van der Waals surface area contributed by atoms with Crippen LogP contribution in [0.4, 0.5) is 4.39 Å². The molecule has 1 unspecified atom stereocenters. The molecule has 2 aromatic heterocycles. The van der Waals surface area contributed by atoms with Gasteiger partial charge in [-0.3, -0.25) is 52.7 Å². The number of hydrogen-bond donors (Lipinski definition) is 8. The number of nitrogens with two attached hydrogens (primary N) is 1. The lowest BCUT2D eigenvalue weighted by Gasteiger charge is -2.37. The summed E-state index contributed by atoms with van der Waals surface area (Å²) in [6.45, 7) is 13.8. The fraction of sp³-hybridized carbons (Fsp3) is 0.541. The van der Waals surface area contributed by atoms with Crippen LogP contribution >= 0.6 is 0 Å². The Bertz CT molecular complexity index is 4410. The number of H-pyrrole nitrogens is 1. The minimum absolute atomic E-state index is 0.0281. The van der Waals surface area contributed by atoms with Crippen LogP contribution in [-0.2, 0) is 117 Å². The normalized spacial score (nSPS) is 19.3. The van der Waals surface area contributed by atoms with E-state index >= 15 is 28.4 Å². The number of ketones is 3. The second-order valence-corrected chi connectivity index (χ2v) is 32.8. The van der Waals surface area contributed by atoms with Crippen molar-refractivity contribution in [1.82, 2.24) is 61.7 Å². The van der Waals surface area contributed by atoms with Crippen LogP contribution in [0.3, 0.4) is 0 Å². The highest BCUT2D eigenvalue weighted by Crippen LogP contribution is 2.33. The average molecular weight is 1610 g/mol. The van der Waals surface area contributed by atoms with Gasteiger partial charge in [0.15, 0.2) is 5.78 Å². The first-order chi connectivity index (χ1) is 55.1. The lowest BCUT2D eigenvalue weighted by molar-refractivity contribution is -0.870. The number of aromatic nitrogens is 4. The van der Waals surface area contributed by atoms with E-state index in [2.05, 4.69) is 68.3 Å². The lowest BCUT2D eigenvalue weighted by atomic mass is 9.89. The third-order valence-corrected chi connectivity index (χ3v) is 21.3. The molecule has 0 radical (unpaired) electrons. The summed E-state index contributed by atoms with van der Waals surface area (Å²) in [4.78, 5) is 167. The third kappa shape index (κ3) is 26.2. The highest BCUT2D eigenvalue weighted by Gasteiger charge is 2.49. The Balaban J connectivity index is 0.995. The Morgan fingerprint density at radius 2 is 1.53 bits per heavy atom. The van der Waals surface area contributed by atoms with Gasteiger partial charge in [-0.2, -0.15) is 0 Å². The number of benzene rings is 4. The van der Waals surface area contributed by atoms with Gasteiger partial charge in [0.05, 0.1) is 97.4 Å². The molecule has 5 heterocycles. The van der Waals surface area contributed by atoms with E-state index < -0.39 is 136 Å². The van der Waals surface area contributed by atoms with Gasteiger partial charge in [-0.15, -0.1) is 5.10 Å². The second kappa shape index (κ2) is 41.6. The maximum Gasteiger partial charge on any atom is 0.246 e. The number of carbonyl (C=O) groups is 11. The minimum Gasteiger partial charge on any atom is -0.497 e. The van der Waals surface area contributed by atoms with Crippen LogP contribution in [0.2, 0.25) is 0 Å². The molecule has 628 valence electrons. The topological polar surface area (TPSA) is 385 Å². The highest BCUT2D eigenvalue weighted by molar-refractivity contribution is 6.00. The molecule has 0 aliphatic carbocycles. The van der Waals surface area contributed by atoms with Crippen molar-refractivity contribution in [2.45, 2.75) is 199 Å². The van der Waals surface area contributed by atoms with E-state index in [-0.39, 0.29) is 110 Å². The van der Waals surface area contributed by atoms with Crippen molar-refractivity contribution < 1.29 is 85.3 Å². The van der Waals surface area contributed by atoms with Crippen molar-refractivity contribution in [1.29, 1.82) is 0 Å². The van der Waals surface area contributed by atoms with Crippen molar-refractivity contribution >= 4 is 75.5 Å². The van der Waals surface area contributed by atoms with Crippen molar-refractivity contribution in [3.05, 3.63) is 148 Å². The largest absolute Gasteiger partial charge is 0.497 e. The van der Waals surface area contributed by atoms with Gasteiger partial charge in [-0.1, -0.05) is 72.8 Å². The van der Waals surface area contributed by atoms with Crippen LogP contribution in [0.5, 0.6) is 5.75 Å². The van der Waals surface area contributed by atoms with Crippen LogP contribution in [0, 0.1) is 17.7 Å². The summed E-state index contributed by atoms with van der Waals surface area (Å²) in [6.07, 6.45) is 0.729. The van der Waals surface area contributed by atoms with E-state index in [1.54, 1.807) is 88.1 Å². The predicted molar refractivity (Wildman–Crippen MR) is 429 cm³/mol. The molecule has 0 saturated carbocycles. The fourth-order valence-corrected chi connectivity index (χ4v) is 14.7. The molecule has 116 heavy (non-hydrogen) atoms. The molecule has 3 aliphatic heterocycles. The van der Waals surface area contributed by atoms with E-state index in [0.717, 1.165) is 22.2 Å². The second-order valence-electron chi connectivity index (χ2n) is 32.8. The van der Waals surface area contributed by atoms with Crippen molar-refractivity contribution in [3.8, 4) is 5.75 Å². The number of nitrogens with zero attached hydrogens (tertiary/aromatic N) is 6. The molecule has 2 fully saturated rings. The van der Waals surface area contributed by atoms with E-state index in [1.807, 2.05) is 36.4 Å². The molecule has 30 nitrogen and oxygen atoms in total. The summed E-state index contributed by atoms with van der Waals surface area (Å²) in [5.41, 5.74) is 8.64. The SMILES string of the molecule is COc1ccc(C[C@H](NC(=O)[C@@H](NC(=O)[C@@H]2[C@@H]3CCN2C(=O)[C@H](Cc2c[nH]c4ccc(F)cc24)NC(=O)[C@@H](NC(=O)[C@@H](C)CC(=O)[C@H](CNC(=O)CCOCCOCC[N+](C)(C)C)CC(=O)CCC(=O)NCc2ccc(CCN)cc2)Cc2cccc(c2)Cn2cc(nn2)CO3)C(C)OC(C)(C)C)C(=O)N2CCC[C@@]2(C)C(C)=O)cc1. The Morgan fingerprint density at radius 1 is 0.819 bits per heavy atom. The fourth-order valence-electron chi connectivity index (χ4n) is 14.7. The number of nitrogens with one attached hydrogen (secondary N) is 7. The number of hydrogen-bond acceptors (Lipinski definition) is 19. The number of likely N-dealkylation sites (tertiary alicyclic amines) is 1. The monoisotopic (exact) mass is 1610 g/mol. The van der Waals surface area contributed by atoms with Crippen LogP contribution in [0.15, 0.2) is 103 Å². The third-order valence-electron chi connectivity index (χ3n) is 21.3. The number of Topliss-reactive ketones (excluding diaryl/α,β-unsaturated/α-hetero) is 3. The zero-order chi connectivity index (χ0) is 84.0. The summed E-state index contributed by atoms with van der Waals surface area (Å²) >= 11 is 0. The quantitative estimate of drug-likeness (QED) is 0.0194. The van der Waals surface area contributed by atoms with Gasteiger partial charge < -0.3 is 80.6 Å². The van der Waals surface area contributed by atoms with Crippen LogP contribution in [0.25, 0.3) is 10.9 Å². The predicted octanol–water partition coefficient (Wildman–Crippen LogP) is 4.61. The first-order valence-corrected chi connectivity index (χ1v) is 40.0. The number of methoxy groups -OCH3 is 1. The molecular formula is C85H116FN14O16+. The van der Waals surface area contributed by atoms with Gasteiger partial charge in [0.1, 0.15) is 65.6 Å². The summed E-state index contributed by atoms with van der Waals surface area (Å²) in [7, 11) is 7.67. The Kier molecular flexibility index (Phi) is 32.2. The summed E-state index contributed by atoms with van der Waals surface area (Å²) in [5.74, 6) is -9.23.